The second-order valence-corrected chi connectivity index (χ2v) is 9.85. The monoisotopic (exact) mass is 516 g/mol. The van der Waals surface area contributed by atoms with Gasteiger partial charge in [0.05, 0.1) is 5.56 Å². The quantitative estimate of drug-likeness (QED) is 0.443. The second kappa shape index (κ2) is 8.31. The standard InChI is InChI=1S/C26H24N8O2.ClH/c1-14-27-11-17(12-28-14)22-32-21-20(29-13-30-23(21)33(22)2)16-6-7-19-18(10-16)26(25(36)31-19)8-3-9-34(26)24(35)15-4-5-15;/h6-7,10-13,15H,3-5,8-9H2,1-2H3,(H,31,36);1H. The Morgan fingerprint density at radius 1 is 1.11 bits per heavy atom. The van der Waals surface area contributed by atoms with Gasteiger partial charge >= 0.3 is 0 Å². The van der Waals surface area contributed by atoms with Gasteiger partial charge < -0.3 is 14.8 Å². The molecule has 1 saturated carbocycles. The third-order valence-corrected chi connectivity index (χ3v) is 7.63. The van der Waals surface area contributed by atoms with Crippen LogP contribution in [0.2, 0.25) is 0 Å². The Morgan fingerprint density at radius 2 is 1.89 bits per heavy atom. The molecule has 1 aliphatic carbocycles. The smallest absolute Gasteiger partial charge is 0.255 e. The van der Waals surface area contributed by atoms with Crippen LogP contribution in [0.15, 0.2) is 36.9 Å². The van der Waals surface area contributed by atoms with Gasteiger partial charge in [-0.25, -0.2) is 24.9 Å². The van der Waals surface area contributed by atoms with E-state index in [0.717, 1.165) is 41.6 Å². The Hall–Kier alpha value is -3.92. The minimum Gasteiger partial charge on any atom is -0.324 e. The zero-order valence-electron chi connectivity index (χ0n) is 20.4. The Balaban J connectivity index is 0.00000252. The SMILES string of the molecule is Cc1ncc(-c2nc3c(-c4ccc5c(c4)C4(CCCN4C(=O)C4CC4)C(=O)N5)ncnc3n2C)cn1.Cl. The summed E-state index contributed by atoms with van der Waals surface area (Å²) in [6.07, 6.45) is 8.26. The average molecular weight is 517 g/mol. The number of hydrogen-bond donors (Lipinski definition) is 1. The molecule has 0 bridgehead atoms. The van der Waals surface area contributed by atoms with Crippen LogP contribution in [-0.4, -0.2) is 52.7 Å². The van der Waals surface area contributed by atoms with Crippen molar-refractivity contribution in [2.24, 2.45) is 13.0 Å². The maximum Gasteiger partial charge on any atom is 0.255 e. The zero-order valence-corrected chi connectivity index (χ0v) is 21.2. The number of carbonyl (C=O) groups excluding carboxylic acids is 2. The molecule has 1 unspecified atom stereocenters. The fraction of sp³-hybridized carbons (Fsp3) is 0.346. The molecule has 3 aliphatic rings. The van der Waals surface area contributed by atoms with Gasteiger partial charge in [-0.15, -0.1) is 12.4 Å². The van der Waals surface area contributed by atoms with Crippen molar-refractivity contribution in [3.05, 3.63) is 48.3 Å². The zero-order chi connectivity index (χ0) is 24.6. The van der Waals surface area contributed by atoms with Gasteiger partial charge in [0.15, 0.2) is 5.65 Å². The lowest BCUT2D eigenvalue weighted by Crippen LogP contribution is -2.50. The molecule has 0 radical (unpaired) electrons. The van der Waals surface area contributed by atoms with Crippen molar-refractivity contribution >= 4 is 41.1 Å². The fourth-order valence-electron chi connectivity index (χ4n) is 5.65. The third-order valence-electron chi connectivity index (χ3n) is 7.63. The normalized spacial score (nSPS) is 20.3. The minimum atomic E-state index is -0.953. The van der Waals surface area contributed by atoms with Crippen LogP contribution in [0.5, 0.6) is 0 Å². The molecule has 1 atom stereocenters. The van der Waals surface area contributed by atoms with E-state index >= 15 is 0 Å². The van der Waals surface area contributed by atoms with Crippen LogP contribution in [-0.2, 0) is 22.2 Å². The number of aromatic nitrogens is 6. The van der Waals surface area contributed by atoms with Crippen LogP contribution in [0.3, 0.4) is 0 Å². The predicted octanol–water partition coefficient (Wildman–Crippen LogP) is 3.40. The van der Waals surface area contributed by atoms with E-state index in [2.05, 4.69) is 25.3 Å². The number of nitrogens with one attached hydrogen (secondary N) is 1. The van der Waals surface area contributed by atoms with Crippen LogP contribution >= 0.6 is 12.4 Å². The van der Waals surface area contributed by atoms with Crippen LogP contribution in [0.4, 0.5) is 5.69 Å². The van der Waals surface area contributed by atoms with Crippen molar-refractivity contribution in [1.29, 1.82) is 0 Å². The fourth-order valence-corrected chi connectivity index (χ4v) is 5.65. The molecular formula is C26H25ClN8O2. The third kappa shape index (κ3) is 3.35. The number of benzene rings is 1. The molecule has 1 aromatic carbocycles. The predicted molar refractivity (Wildman–Crippen MR) is 139 cm³/mol. The van der Waals surface area contributed by atoms with Gasteiger partial charge in [0, 0.05) is 48.7 Å². The molecular weight excluding hydrogens is 492 g/mol. The summed E-state index contributed by atoms with van der Waals surface area (Å²) in [5.41, 5.74) is 4.26. The van der Waals surface area contributed by atoms with Crippen molar-refractivity contribution < 1.29 is 9.59 Å². The molecule has 2 fully saturated rings. The van der Waals surface area contributed by atoms with Crippen LogP contribution in [0.1, 0.15) is 37.1 Å². The van der Waals surface area contributed by atoms with Crippen molar-refractivity contribution in [1.82, 2.24) is 34.4 Å². The van der Waals surface area contributed by atoms with E-state index in [-0.39, 0.29) is 30.1 Å². The number of nitrogens with zero attached hydrogens (tertiary/aromatic N) is 7. The molecule has 188 valence electrons. The first-order valence-corrected chi connectivity index (χ1v) is 12.2. The second-order valence-electron chi connectivity index (χ2n) is 9.85. The lowest BCUT2D eigenvalue weighted by molar-refractivity contribution is -0.143. The lowest BCUT2D eigenvalue weighted by Gasteiger charge is -2.33. The molecule has 10 nitrogen and oxygen atoms in total. The summed E-state index contributed by atoms with van der Waals surface area (Å²) in [6, 6.07) is 5.84. The van der Waals surface area contributed by atoms with E-state index in [0.29, 0.717) is 41.5 Å². The topological polar surface area (TPSA) is 119 Å². The number of carbonyl (C=O) groups is 2. The summed E-state index contributed by atoms with van der Waals surface area (Å²) >= 11 is 0. The molecule has 4 aromatic rings. The summed E-state index contributed by atoms with van der Waals surface area (Å²) < 4.78 is 1.90. The molecule has 3 aromatic heterocycles. The van der Waals surface area contributed by atoms with Gasteiger partial charge in [-0.3, -0.25) is 9.59 Å². The summed E-state index contributed by atoms with van der Waals surface area (Å²) in [5.74, 6) is 1.42. The molecule has 1 spiro atoms. The Bertz CT molecular complexity index is 1580. The van der Waals surface area contributed by atoms with Crippen molar-refractivity contribution in [3.63, 3.8) is 0 Å². The first kappa shape index (κ1) is 23.5. The maximum atomic E-state index is 13.3. The van der Waals surface area contributed by atoms with E-state index in [9.17, 15) is 9.59 Å². The molecule has 2 aliphatic heterocycles. The number of amides is 2. The highest BCUT2D eigenvalue weighted by Gasteiger charge is 2.57. The van der Waals surface area contributed by atoms with Gasteiger partial charge in [0.1, 0.15) is 34.7 Å². The highest BCUT2D eigenvalue weighted by molar-refractivity contribution is 6.09. The van der Waals surface area contributed by atoms with Crippen LogP contribution < -0.4 is 5.32 Å². The maximum absolute atomic E-state index is 13.3. The summed E-state index contributed by atoms with van der Waals surface area (Å²) in [6.45, 7) is 2.44. The first-order valence-electron chi connectivity index (χ1n) is 12.2. The highest BCUT2D eigenvalue weighted by Crippen LogP contribution is 2.50. The van der Waals surface area contributed by atoms with E-state index in [1.165, 1.54) is 6.33 Å². The largest absolute Gasteiger partial charge is 0.324 e. The summed E-state index contributed by atoms with van der Waals surface area (Å²) in [7, 11) is 1.90. The van der Waals surface area contributed by atoms with Gasteiger partial charge in [0.2, 0.25) is 5.91 Å². The van der Waals surface area contributed by atoms with E-state index < -0.39 is 5.54 Å². The molecule has 7 rings (SSSR count). The average Bonchev–Trinajstić information content (AvgIpc) is 3.47. The van der Waals surface area contributed by atoms with Gasteiger partial charge in [-0.05, 0) is 44.7 Å². The summed E-state index contributed by atoms with van der Waals surface area (Å²) in [5, 5.41) is 3.03. The minimum absolute atomic E-state index is 0. The number of halogens is 1. The highest BCUT2D eigenvalue weighted by atomic mass is 35.5. The molecule has 2 amide bonds. The number of likely N-dealkylation sites (tertiary alicyclic amines) is 1. The van der Waals surface area contributed by atoms with Crippen LogP contribution in [0, 0.1) is 12.8 Å². The number of rotatable bonds is 3. The van der Waals surface area contributed by atoms with Crippen molar-refractivity contribution in [2.45, 2.75) is 38.1 Å². The molecule has 1 N–H and O–H groups in total. The van der Waals surface area contributed by atoms with Crippen LogP contribution in [0.25, 0.3) is 33.8 Å². The van der Waals surface area contributed by atoms with E-state index in [1.54, 1.807) is 12.4 Å². The van der Waals surface area contributed by atoms with E-state index in [1.807, 2.05) is 41.6 Å². The van der Waals surface area contributed by atoms with E-state index in [4.69, 9.17) is 4.98 Å². The molecule has 11 heteroatoms. The number of anilines is 1. The molecule has 37 heavy (non-hydrogen) atoms. The number of fused-ring (bicyclic) bond motifs is 3. The van der Waals surface area contributed by atoms with Crippen molar-refractivity contribution in [3.8, 4) is 22.6 Å². The van der Waals surface area contributed by atoms with Gasteiger partial charge in [-0.1, -0.05) is 6.07 Å². The number of imidazole rings is 1. The first-order chi connectivity index (χ1) is 17.5. The lowest BCUT2D eigenvalue weighted by atomic mass is 9.86. The molecule has 5 heterocycles. The van der Waals surface area contributed by atoms with Gasteiger partial charge in [-0.2, -0.15) is 0 Å². The summed E-state index contributed by atoms with van der Waals surface area (Å²) in [4.78, 5) is 50.9. The Labute approximate surface area is 219 Å². The Morgan fingerprint density at radius 3 is 2.65 bits per heavy atom. The Kier molecular flexibility index (Phi) is 5.27. The van der Waals surface area contributed by atoms with Crippen molar-refractivity contribution in [2.75, 3.05) is 11.9 Å². The molecule has 1 saturated heterocycles. The van der Waals surface area contributed by atoms with Gasteiger partial charge in [0.25, 0.3) is 5.91 Å². The number of hydrogen-bond acceptors (Lipinski definition) is 7. The number of aryl methyl sites for hydroxylation is 2.